The zero-order valence-corrected chi connectivity index (χ0v) is 11.6. The first-order chi connectivity index (χ1) is 10.0. The molecule has 1 aromatic heterocycles. The molecule has 2 rings (SSSR count). The summed E-state index contributed by atoms with van der Waals surface area (Å²) in [6.45, 7) is 0. The van der Waals surface area contributed by atoms with Crippen LogP contribution < -0.4 is 15.9 Å². The van der Waals surface area contributed by atoms with Gasteiger partial charge in [0.2, 0.25) is 10.9 Å². The van der Waals surface area contributed by atoms with Gasteiger partial charge in [-0.15, -0.1) is 11.3 Å². The highest BCUT2D eigenvalue weighted by molar-refractivity contribution is 7.14. The Kier molecular flexibility index (Phi) is 4.18. The van der Waals surface area contributed by atoms with E-state index in [0.717, 1.165) is 0 Å². The van der Waals surface area contributed by atoms with Gasteiger partial charge < -0.3 is 15.6 Å². The number of nitrogens with one attached hydrogen (secondary N) is 1. The number of aromatic nitrogens is 1. The highest BCUT2D eigenvalue weighted by Crippen LogP contribution is 2.36. The summed E-state index contributed by atoms with van der Waals surface area (Å²) < 4.78 is 4.79. The Balaban J connectivity index is 2.22. The minimum atomic E-state index is -0.648. The predicted molar refractivity (Wildman–Crippen MR) is 79.1 cm³/mol. The van der Waals surface area contributed by atoms with Gasteiger partial charge in [-0.1, -0.05) is 0 Å². The number of anilines is 2. The zero-order valence-electron chi connectivity index (χ0n) is 10.8. The number of phenolic OH excluding ortho intramolecular Hbond substituents is 1. The molecule has 0 amide bonds. The maximum absolute atomic E-state index is 10.9. The maximum atomic E-state index is 10.9. The van der Waals surface area contributed by atoms with E-state index in [1.54, 1.807) is 5.38 Å². The van der Waals surface area contributed by atoms with Crippen LogP contribution in [0.4, 0.5) is 16.6 Å². The Bertz CT molecular complexity index is 700. The van der Waals surface area contributed by atoms with Gasteiger partial charge in [0, 0.05) is 17.0 Å². The number of nitrogens with zero attached hydrogens (tertiary/aromatic N) is 3. The molecule has 1 aromatic carbocycles. The fourth-order valence-corrected chi connectivity index (χ4v) is 2.09. The van der Waals surface area contributed by atoms with Crippen molar-refractivity contribution in [3.63, 3.8) is 0 Å². The molecule has 0 radical (unpaired) electrons. The smallest absolute Gasteiger partial charge is 0.315 e. The van der Waals surface area contributed by atoms with Crippen molar-refractivity contribution >= 4 is 34.2 Å². The van der Waals surface area contributed by atoms with Gasteiger partial charge in [0.1, 0.15) is 5.82 Å². The number of aromatic hydroxyl groups is 1. The second-order valence-corrected chi connectivity index (χ2v) is 4.66. The second-order valence-electron chi connectivity index (χ2n) is 3.80. The van der Waals surface area contributed by atoms with Crippen LogP contribution in [0.5, 0.6) is 11.5 Å². The summed E-state index contributed by atoms with van der Waals surface area (Å²) >= 11 is 1.26. The first-order valence-corrected chi connectivity index (χ1v) is 6.44. The van der Waals surface area contributed by atoms with Crippen LogP contribution in [-0.2, 0) is 0 Å². The summed E-state index contributed by atoms with van der Waals surface area (Å²) in [5.74, 6) is -0.167. The number of rotatable bonds is 5. The van der Waals surface area contributed by atoms with Gasteiger partial charge in [-0.3, -0.25) is 15.5 Å². The number of nitro groups is 1. The number of nitrogens with two attached hydrogens (primary N) is 1. The molecule has 21 heavy (non-hydrogen) atoms. The normalized spacial score (nSPS) is 10.7. The number of phenols is 1. The van der Waals surface area contributed by atoms with Crippen LogP contribution in [0.1, 0.15) is 5.56 Å². The zero-order chi connectivity index (χ0) is 15.4. The van der Waals surface area contributed by atoms with E-state index in [4.69, 9.17) is 10.5 Å². The van der Waals surface area contributed by atoms with Crippen LogP contribution in [-0.4, -0.2) is 28.3 Å². The van der Waals surface area contributed by atoms with Crippen LogP contribution in [0.25, 0.3) is 0 Å². The average Bonchev–Trinajstić information content (AvgIpc) is 2.83. The first-order valence-electron chi connectivity index (χ1n) is 5.56. The number of nitrogen functional groups attached to an aromatic ring is 1. The molecule has 2 aromatic rings. The van der Waals surface area contributed by atoms with Gasteiger partial charge in [-0.25, -0.2) is 4.98 Å². The van der Waals surface area contributed by atoms with E-state index in [1.165, 1.54) is 36.8 Å². The number of benzene rings is 1. The van der Waals surface area contributed by atoms with Gasteiger partial charge in [0.05, 0.1) is 18.2 Å². The number of methoxy groups -OCH3 is 1. The first kappa shape index (κ1) is 14.5. The van der Waals surface area contributed by atoms with E-state index < -0.39 is 4.92 Å². The van der Waals surface area contributed by atoms with Crippen LogP contribution in [0, 0.1) is 10.1 Å². The van der Waals surface area contributed by atoms with Gasteiger partial charge in [-0.05, 0) is 6.07 Å². The largest absolute Gasteiger partial charge is 0.504 e. The third-order valence-electron chi connectivity index (χ3n) is 2.37. The fraction of sp³-hybridized carbons (Fsp3) is 0.0909. The molecule has 1 heterocycles. The summed E-state index contributed by atoms with van der Waals surface area (Å²) in [5, 5.41) is 26.6. The molecule has 110 valence electrons. The van der Waals surface area contributed by atoms with Crippen molar-refractivity contribution in [2.45, 2.75) is 0 Å². The summed E-state index contributed by atoms with van der Waals surface area (Å²) in [4.78, 5) is 14.2. The third-order valence-corrected chi connectivity index (χ3v) is 3.13. The molecule has 0 aliphatic rings. The fourth-order valence-electron chi connectivity index (χ4n) is 1.54. The standard InChI is InChI=1S/C11H11N5O4S/c1-20-10-7(16(18)19)2-6(3-8(10)17)4-13-15-11-14-9(12)5-21-11/h2-5,17H,12H2,1H3,(H,14,15). The minimum absolute atomic E-state index is 0.196. The van der Waals surface area contributed by atoms with Crippen LogP contribution in [0.2, 0.25) is 0 Å². The summed E-state index contributed by atoms with van der Waals surface area (Å²) in [5.41, 5.74) is 8.06. The Labute approximate surface area is 122 Å². The number of ether oxygens (including phenoxy) is 1. The summed E-state index contributed by atoms with van der Waals surface area (Å²) in [6, 6.07) is 2.53. The van der Waals surface area contributed by atoms with Gasteiger partial charge in [0.25, 0.3) is 0 Å². The number of hydrogen-bond donors (Lipinski definition) is 3. The van der Waals surface area contributed by atoms with E-state index in [0.29, 0.717) is 16.5 Å². The minimum Gasteiger partial charge on any atom is -0.504 e. The predicted octanol–water partition coefficient (Wildman–Crippen LogP) is 1.79. The van der Waals surface area contributed by atoms with Crippen LogP contribution in [0.3, 0.4) is 0 Å². The maximum Gasteiger partial charge on any atom is 0.315 e. The van der Waals surface area contributed by atoms with E-state index in [2.05, 4.69) is 15.5 Å². The van der Waals surface area contributed by atoms with Crippen molar-refractivity contribution in [1.82, 2.24) is 4.98 Å². The van der Waals surface area contributed by atoms with Crippen molar-refractivity contribution in [3.05, 3.63) is 33.2 Å². The number of hydrogen-bond acceptors (Lipinski definition) is 9. The second kappa shape index (κ2) is 6.05. The molecule has 9 nitrogen and oxygen atoms in total. The molecular weight excluding hydrogens is 298 g/mol. The molecule has 0 saturated carbocycles. The van der Waals surface area contributed by atoms with E-state index in [1.807, 2.05) is 0 Å². The van der Waals surface area contributed by atoms with Crippen molar-refractivity contribution in [3.8, 4) is 11.5 Å². The molecule has 0 fully saturated rings. The lowest BCUT2D eigenvalue weighted by Crippen LogP contribution is -1.97. The highest BCUT2D eigenvalue weighted by Gasteiger charge is 2.19. The lowest BCUT2D eigenvalue weighted by atomic mass is 10.2. The van der Waals surface area contributed by atoms with E-state index >= 15 is 0 Å². The Hall–Kier alpha value is -2.88. The average molecular weight is 309 g/mol. The van der Waals surface area contributed by atoms with E-state index in [-0.39, 0.29) is 17.2 Å². The van der Waals surface area contributed by atoms with Crippen molar-refractivity contribution < 1.29 is 14.8 Å². The Morgan fingerprint density at radius 3 is 2.95 bits per heavy atom. The molecule has 0 aliphatic heterocycles. The molecule has 0 atom stereocenters. The Morgan fingerprint density at radius 2 is 2.38 bits per heavy atom. The van der Waals surface area contributed by atoms with E-state index in [9.17, 15) is 15.2 Å². The summed E-state index contributed by atoms with van der Waals surface area (Å²) in [7, 11) is 1.24. The van der Waals surface area contributed by atoms with Crippen molar-refractivity contribution in [2.24, 2.45) is 5.10 Å². The number of hydrazone groups is 1. The Morgan fingerprint density at radius 1 is 1.62 bits per heavy atom. The number of thiazole rings is 1. The van der Waals surface area contributed by atoms with Crippen LogP contribution in [0.15, 0.2) is 22.6 Å². The molecular formula is C11H11N5O4S. The van der Waals surface area contributed by atoms with Crippen molar-refractivity contribution in [2.75, 3.05) is 18.3 Å². The lowest BCUT2D eigenvalue weighted by molar-refractivity contribution is -0.385. The topological polar surface area (TPSA) is 136 Å². The molecule has 0 spiro atoms. The van der Waals surface area contributed by atoms with Crippen LogP contribution >= 0.6 is 11.3 Å². The third kappa shape index (κ3) is 3.36. The number of nitro benzene ring substituents is 1. The van der Waals surface area contributed by atoms with Gasteiger partial charge >= 0.3 is 5.69 Å². The SMILES string of the molecule is COc1c(O)cc(C=NNc2nc(N)cs2)cc1[N+](=O)[O-]. The summed E-state index contributed by atoms with van der Waals surface area (Å²) in [6.07, 6.45) is 1.31. The molecule has 0 unspecified atom stereocenters. The molecule has 0 bridgehead atoms. The lowest BCUT2D eigenvalue weighted by Gasteiger charge is -2.05. The monoisotopic (exact) mass is 309 g/mol. The van der Waals surface area contributed by atoms with Gasteiger partial charge in [0.15, 0.2) is 5.75 Å². The molecule has 4 N–H and O–H groups in total. The quantitative estimate of drug-likeness (QED) is 0.435. The van der Waals surface area contributed by atoms with Gasteiger partial charge in [-0.2, -0.15) is 5.10 Å². The van der Waals surface area contributed by atoms with Crippen molar-refractivity contribution in [1.29, 1.82) is 0 Å². The molecule has 0 saturated heterocycles. The molecule has 10 heteroatoms. The highest BCUT2D eigenvalue weighted by atomic mass is 32.1. The molecule has 0 aliphatic carbocycles.